The number of phenolic OH excluding ortho intramolecular Hbond substituents is 1. The number of carbonyl (C=O) groups is 4. The molecule has 3 aliphatic carbocycles. The van der Waals surface area contributed by atoms with Gasteiger partial charge >= 0.3 is 0 Å². The van der Waals surface area contributed by atoms with Gasteiger partial charge < -0.3 is 30.7 Å². The Morgan fingerprint density at radius 1 is 1.22 bits per heavy atom. The predicted molar refractivity (Wildman–Crippen MR) is 132 cm³/mol. The van der Waals surface area contributed by atoms with Crippen LogP contribution >= 0.6 is 0 Å². The summed E-state index contributed by atoms with van der Waals surface area (Å²) in [6.07, 6.45) is 0.282. The third kappa shape index (κ3) is 3.98. The van der Waals surface area contributed by atoms with E-state index in [0.717, 1.165) is 5.57 Å². The number of aliphatic hydroxyl groups is 2. The summed E-state index contributed by atoms with van der Waals surface area (Å²) in [6, 6.07) is 2.12. The van der Waals surface area contributed by atoms with Crippen LogP contribution in [0.5, 0.6) is 5.75 Å². The Kier molecular flexibility index (Phi) is 6.81. The molecule has 1 aromatic carbocycles. The second-order valence-corrected chi connectivity index (χ2v) is 10.9. The quantitative estimate of drug-likeness (QED) is 0.322. The number of hydrogen-bond acceptors (Lipinski definition) is 9. The number of carbonyl (C=O) groups excluding carboxylic acids is 4. The minimum Gasteiger partial charge on any atom is -0.507 e. The number of nitrogens with zero attached hydrogens (tertiary/aromatic N) is 1. The van der Waals surface area contributed by atoms with Crippen molar-refractivity contribution in [1.82, 2.24) is 4.90 Å². The molecule has 0 radical (unpaired) electrons. The number of ether oxygens (including phenoxy) is 1. The summed E-state index contributed by atoms with van der Waals surface area (Å²) in [6.45, 7) is 5.57. The second-order valence-electron chi connectivity index (χ2n) is 10.9. The zero-order valence-corrected chi connectivity index (χ0v) is 21.6. The summed E-state index contributed by atoms with van der Waals surface area (Å²) in [5, 5.41) is 33.2. The lowest BCUT2D eigenvalue weighted by molar-refractivity contribution is -0.190. The normalized spacial score (nSPS) is 33.8. The van der Waals surface area contributed by atoms with Crippen molar-refractivity contribution in [3.05, 3.63) is 35.1 Å². The lowest BCUT2D eigenvalue weighted by Crippen LogP contribution is -2.75. The number of allylic oxidation sites excluding steroid dienone is 1. The first-order valence-corrected chi connectivity index (χ1v) is 12.4. The van der Waals surface area contributed by atoms with Gasteiger partial charge in [0.25, 0.3) is 0 Å². The Morgan fingerprint density at radius 3 is 2.43 bits per heavy atom. The molecule has 200 valence electrons. The van der Waals surface area contributed by atoms with Crippen LogP contribution in [0.15, 0.2) is 18.4 Å². The number of likely N-dealkylation sites (N-methyl/N-ethyl adjacent to an activating group) is 1. The van der Waals surface area contributed by atoms with E-state index in [0.29, 0.717) is 11.1 Å². The fourth-order valence-electron chi connectivity index (χ4n) is 6.49. The highest BCUT2D eigenvalue weighted by Gasteiger charge is 2.69. The molecule has 0 aliphatic heterocycles. The predicted octanol–water partition coefficient (Wildman–Crippen LogP) is 0.445. The number of hydrogen-bond donors (Lipinski definition) is 4. The second kappa shape index (κ2) is 9.34. The summed E-state index contributed by atoms with van der Waals surface area (Å²) < 4.78 is 5.60. The summed E-state index contributed by atoms with van der Waals surface area (Å²) in [4.78, 5) is 54.6. The summed E-state index contributed by atoms with van der Waals surface area (Å²) in [5.41, 5.74) is 4.67. The number of primary amides is 1. The molecule has 1 aromatic rings. The SMILES string of the molecule is CC(=COC(C)C)c1ccc(O)c2c1C[C@@H]1C[C@@H]3[C@@H](N(C)C)C(O)C(C(N)=O)C(=O)[C@]3(O)C(=O)C1C2=O. The van der Waals surface area contributed by atoms with Crippen LogP contribution in [0.4, 0.5) is 0 Å². The molecule has 1 amide bonds. The number of Topliss-reactive ketones (excluding diaryl/α,β-unsaturated/α-hetero) is 3. The Labute approximate surface area is 215 Å². The van der Waals surface area contributed by atoms with Crippen molar-refractivity contribution < 1.29 is 39.2 Å². The first-order valence-electron chi connectivity index (χ1n) is 12.4. The Hall–Kier alpha value is -3.08. The molecule has 7 atom stereocenters. The van der Waals surface area contributed by atoms with Gasteiger partial charge in [-0.25, -0.2) is 0 Å². The van der Waals surface area contributed by atoms with Gasteiger partial charge in [-0.3, -0.25) is 19.2 Å². The summed E-state index contributed by atoms with van der Waals surface area (Å²) in [7, 11) is 3.22. The maximum absolute atomic E-state index is 13.8. The van der Waals surface area contributed by atoms with Crippen LogP contribution in [-0.2, 0) is 25.5 Å². The minimum absolute atomic E-state index is 0.0228. The zero-order chi connectivity index (χ0) is 27.6. The molecule has 4 rings (SSSR count). The van der Waals surface area contributed by atoms with Gasteiger partial charge in [0.2, 0.25) is 5.91 Å². The third-order valence-corrected chi connectivity index (χ3v) is 8.12. The molecule has 0 saturated heterocycles. The number of amides is 1. The monoisotopic (exact) mass is 514 g/mol. The molecule has 3 aliphatic rings. The standard InChI is InChI=1S/C27H34N2O8/c1-11(2)37-10-12(3)14-6-7-17(30)19-15(14)8-13-9-16-21(29(4)5)23(32)20(26(28)35)25(34)27(16,36)24(33)18(13)22(19)31/h6-7,10-11,13,16,18,20-21,23,30,32,36H,8-9H2,1-5H3,(H2,28,35)/t13-,16-,18?,20?,21-,23?,27-/m1/s1. The number of benzene rings is 1. The van der Waals surface area contributed by atoms with E-state index in [1.165, 1.54) is 6.07 Å². The van der Waals surface area contributed by atoms with Crippen LogP contribution in [0.3, 0.4) is 0 Å². The highest BCUT2D eigenvalue weighted by atomic mass is 16.5. The molecule has 0 bridgehead atoms. The van der Waals surface area contributed by atoms with E-state index in [2.05, 4.69) is 0 Å². The minimum atomic E-state index is -2.67. The number of ketones is 3. The van der Waals surface area contributed by atoms with Crippen molar-refractivity contribution in [1.29, 1.82) is 0 Å². The maximum Gasteiger partial charge on any atom is 0.230 e. The van der Waals surface area contributed by atoms with Gasteiger partial charge in [0.1, 0.15) is 11.7 Å². The lowest BCUT2D eigenvalue weighted by atomic mass is 9.52. The van der Waals surface area contributed by atoms with Crippen LogP contribution < -0.4 is 5.73 Å². The topological polar surface area (TPSA) is 167 Å². The average molecular weight is 515 g/mol. The van der Waals surface area contributed by atoms with Crippen LogP contribution in [0.1, 0.15) is 48.7 Å². The van der Waals surface area contributed by atoms with Gasteiger partial charge in [0, 0.05) is 12.0 Å². The highest BCUT2D eigenvalue weighted by Crippen LogP contribution is 2.52. The molecule has 0 aromatic heterocycles. The Morgan fingerprint density at radius 2 is 1.86 bits per heavy atom. The van der Waals surface area contributed by atoms with Crippen molar-refractivity contribution >= 4 is 28.8 Å². The molecule has 5 N–H and O–H groups in total. The zero-order valence-electron chi connectivity index (χ0n) is 21.6. The largest absolute Gasteiger partial charge is 0.507 e. The fourth-order valence-corrected chi connectivity index (χ4v) is 6.49. The molecule has 37 heavy (non-hydrogen) atoms. The maximum atomic E-state index is 13.8. The summed E-state index contributed by atoms with van der Waals surface area (Å²) in [5.74, 6) is -9.17. The highest BCUT2D eigenvalue weighted by molar-refractivity contribution is 6.25. The van der Waals surface area contributed by atoms with Gasteiger partial charge in [-0.05, 0) is 76.4 Å². The number of phenols is 1. The first kappa shape index (κ1) is 27.0. The van der Waals surface area contributed by atoms with Crippen LogP contribution in [0, 0.1) is 23.7 Å². The van der Waals surface area contributed by atoms with E-state index in [-0.39, 0.29) is 30.3 Å². The molecule has 2 saturated carbocycles. The number of rotatable bonds is 5. The van der Waals surface area contributed by atoms with E-state index >= 15 is 0 Å². The Balaban J connectivity index is 1.85. The van der Waals surface area contributed by atoms with Gasteiger partial charge in [-0.2, -0.15) is 0 Å². The van der Waals surface area contributed by atoms with Crippen LogP contribution in [0.2, 0.25) is 0 Å². The molecule has 10 heteroatoms. The van der Waals surface area contributed by atoms with Gasteiger partial charge in [0.05, 0.1) is 30.0 Å². The third-order valence-electron chi connectivity index (χ3n) is 8.12. The molecule has 0 spiro atoms. The average Bonchev–Trinajstić information content (AvgIpc) is 2.79. The summed E-state index contributed by atoms with van der Waals surface area (Å²) >= 11 is 0. The van der Waals surface area contributed by atoms with Crippen LogP contribution in [0.25, 0.3) is 5.57 Å². The van der Waals surface area contributed by atoms with Gasteiger partial charge in [-0.15, -0.1) is 0 Å². The van der Waals surface area contributed by atoms with E-state index < -0.39 is 64.7 Å². The van der Waals surface area contributed by atoms with Crippen molar-refractivity contribution in [2.75, 3.05) is 14.1 Å². The lowest BCUT2D eigenvalue weighted by Gasteiger charge is -2.54. The Bertz CT molecular complexity index is 1210. The van der Waals surface area contributed by atoms with Gasteiger partial charge in [0.15, 0.2) is 23.0 Å². The van der Waals surface area contributed by atoms with Crippen LogP contribution in [-0.4, -0.2) is 81.4 Å². The van der Waals surface area contributed by atoms with E-state index in [9.17, 15) is 34.5 Å². The van der Waals surface area contributed by atoms with Crippen molar-refractivity contribution in [3.8, 4) is 5.75 Å². The fraction of sp³-hybridized carbons (Fsp3) is 0.556. The first-order chi connectivity index (χ1) is 17.2. The van der Waals surface area contributed by atoms with Gasteiger partial charge in [-0.1, -0.05) is 6.07 Å². The molecule has 3 unspecified atom stereocenters. The van der Waals surface area contributed by atoms with Crippen molar-refractivity contribution in [2.24, 2.45) is 29.4 Å². The molecular formula is C27H34N2O8. The molecule has 10 nitrogen and oxygen atoms in total. The number of fused-ring (bicyclic) bond motifs is 3. The molecule has 0 heterocycles. The number of nitrogens with two attached hydrogens (primary N) is 1. The number of aliphatic hydroxyl groups excluding tert-OH is 1. The molecular weight excluding hydrogens is 480 g/mol. The van der Waals surface area contributed by atoms with Crippen molar-refractivity contribution in [2.45, 2.75) is 57.5 Å². The smallest absolute Gasteiger partial charge is 0.230 e. The van der Waals surface area contributed by atoms with E-state index in [1.54, 1.807) is 31.3 Å². The number of aromatic hydroxyl groups is 1. The van der Waals surface area contributed by atoms with Crippen molar-refractivity contribution in [3.63, 3.8) is 0 Å². The molecule has 2 fully saturated rings. The van der Waals surface area contributed by atoms with E-state index in [1.807, 2.05) is 20.8 Å². The van der Waals surface area contributed by atoms with E-state index in [4.69, 9.17) is 10.5 Å².